The molecule has 3 heterocycles. The fourth-order valence-electron chi connectivity index (χ4n) is 3.29. The van der Waals surface area contributed by atoms with Crippen molar-refractivity contribution >= 4 is 34.5 Å². The first kappa shape index (κ1) is 18.7. The van der Waals surface area contributed by atoms with Crippen molar-refractivity contribution in [2.45, 2.75) is 13.0 Å². The Morgan fingerprint density at radius 3 is 2.62 bits per heavy atom. The third kappa shape index (κ3) is 4.29. The molecule has 3 amide bonds. The van der Waals surface area contributed by atoms with Gasteiger partial charge in [0.2, 0.25) is 11.9 Å². The molecule has 0 unspecified atom stereocenters. The summed E-state index contributed by atoms with van der Waals surface area (Å²) >= 11 is 0. The molecule has 0 saturated carbocycles. The lowest BCUT2D eigenvalue weighted by molar-refractivity contribution is -0.117. The second kappa shape index (κ2) is 8.17. The number of carbonyl (C=O) groups excluding carboxylic acids is 2. The number of hydrogen-bond acceptors (Lipinski definition) is 5. The molecule has 0 spiro atoms. The molecule has 1 aliphatic rings. The predicted octanol–water partition coefficient (Wildman–Crippen LogP) is 1.82. The van der Waals surface area contributed by atoms with Gasteiger partial charge in [-0.25, -0.2) is 14.8 Å². The summed E-state index contributed by atoms with van der Waals surface area (Å²) in [4.78, 5) is 40.3. The van der Waals surface area contributed by atoms with Crippen LogP contribution in [-0.4, -0.2) is 64.0 Å². The van der Waals surface area contributed by atoms with Gasteiger partial charge in [-0.05, 0) is 37.3 Å². The fraction of sp³-hybridized carbons (Fsp3) is 0.300. The quantitative estimate of drug-likeness (QED) is 0.627. The van der Waals surface area contributed by atoms with Gasteiger partial charge in [0, 0.05) is 61.4 Å². The predicted molar refractivity (Wildman–Crippen MR) is 111 cm³/mol. The first-order valence-corrected chi connectivity index (χ1v) is 9.55. The second-order valence-electron chi connectivity index (χ2n) is 6.96. The fourth-order valence-corrected chi connectivity index (χ4v) is 3.29. The molecule has 1 aliphatic heterocycles. The van der Waals surface area contributed by atoms with Crippen LogP contribution in [0, 0.1) is 0 Å². The zero-order valence-corrected chi connectivity index (χ0v) is 16.1. The number of piperazine rings is 1. The van der Waals surface area contributed by atoms with Crippen LogP contribution in [-0.2, 0) is 4.79 Å². The monoisotopic (exact) mass is 393 g/mol. The molecule has 1 saturated heterocycles. The average molecular weight is 393 g/mol. The van der Waals surface area contributed by atoms with Crippen LogP contribution in [0.5, 0.6) is 0 Å². The summed E-state index contributed by atoms with van der Waals surface area (Å²) in [6.45, 7) is 4.06. The van der Waals surface area contributed by atoms with Gasteiger partial charge in [0.25, 0.3) is 0 Å². The molecule has 0 radical (unpaired) electrons. The van der Waals surface area contributed by atoms with Crippen molar-refractivity contribution in [2.24, 2.45) is 0 Å². The lowest BCUT2D eigenvalue weighted by Gasteiger charge is -2.35. The van der Waals surface area contributed by atoms with E-state index in [1.807, 2.05) is 35.4 Å². The van der Waals surface area contributed by atoms with E-state index < -0.39 is 6.04 Å². The number of nitrogens with zero attached hydrogens (tertiary/aromatic N) is 4. The Labute approximate surface area is 168 Å². The van der Waals surface area contributed by atoms with E-state index in [4.69, 9.17) is 0 Å². The van der Waals surface area contributed by atoms with Gasteiger partial charge in [-0.2, -0.15) is 0 Å². The number of nitrogens with one attached hydrogen (secondary N) is 3. The Hall–Kier alpha value is -3.62. The topological polar surface area (TPSA) is 106 Å². The number of benzene rings is 1. The van der Waals surface area contributed by atoms with Crippen LogP contribution in [0.1, 0.15) is 6.92 Å². The largest absolute Gasteiger partial charge is 0.361 e. The number of fused-ring (bicyclic) bond motifs is 1. The highest BCUT2D eigenvalue weighted by atomic mass is 16.2. The van der Waals surface area contributed by atoms with Crippen molar-refractivity contribution in [3.05, 3.63) is 48.9 Å². The van der Waals surface area contributed by atoms with Crippen molar-refractivity contribution in [3.8, 4) is 0 Å². The van der Waals surface area contributed by atoms with Crippen molar-refractivity contribution in [3.63, 3.8) is 0 Å². The first-order chi connectivity index (χ1) is 14.1. The number of amides is 3. The number of carbonyl (C=O) groups is 2. The molecule has 0 bridgehead atoms. The van der Waals surface area contributed by atoms with Gasteiger partial charge >= 0.3 is 6.03 Å². The lowest BCUT2D eigenvalue weighted by Crippen LogP contribution is -2.55. The Balaban J connectivity index is 1.28. The van der Waals surface area contributed by atoms with Gasteiger partial charge in [0.05, 0.1) is 0 Å². The van der Waals surface area contributed by atoms with E-state index in [2.05, 4.69) is 25.6 Å². The number of aromatic amines is 1. The zero-order valence-electron chi connectivity index (χ0n) is 16.1. The van der Waals surface area contributed by atoms with Gasteiger partial charge in [0.1, 0.15) is 6.04 Å². The van der Waals surface area contributed by atoms with E-state index in [9.17, 15) is 9.59 Å². The number of aromatic nitrogens is 3. The van der Waals surface area contributed by atoms with Gasteiger partial charge in [-0.3, -0.25) is 4.79 Å². The number of anilines is 2. The van der Waals surface area contributed by atoms with Gasteiger partial charge in [-0.1, -0.05) is 0 Å². The molecular weight excluding hydrogens is 370 g/mol. The molecule has 2 aromatic heterocycles. The summed E-state index contributed by atoms with van der Waals surface area (Å²) in [5, 5.41) is 6.64. The first-order valence-electron chi connectivity index (χ1n) is 9.55. The summed E-state index contributed by atoms with van der Waals surface area (Å²) < 4.78 is 0. The average Bonchev–Trinajstić information content (AvgIpc) is 3.22. The molecule has 3 aromatic rings. The van der Waals surface area contributed by atoms with Crippen molar-refractivity contribution in [1.29, 1.82) is 0 Å². The molecule has 0 aliphatic carbocycles. The SMILES string of the molecule is C[C@@H](NC(=O)N1CCN(c2ncccn2)CC1)C(=O)Nc1ccc2[nH]ccc2c1. The normalized spacial score (nSPS) is 15.2. The Bertz CT molecular complexity index is 996. The molecular formula is C20H23N7O2. The second-order valence-corrected chi connectivity index (χ2v) is 6.96. The van der Waals surface area contributed by atoms with Crippen LogP contribution in [0.3, 0.4) is 0 Å². The third-order valence-corrected chi connectivity index (χ3v) is 4.96. The summed E-state index contributed by atoms with van der Waals surface area (Å²) in [5.41, 5.74) is 1.70. The molecule has 4 rings (SSSR count). The maximum atomic E-state index is 12.5. The minimum atomic E-state index is -0.653. The highest BCUT2D eigenvalue weighted by Crippen LogP contribution is 2.18. The summed E-state index contributed by atoms with van der Waals surface area (Å²) in [6.07, 6.45) is 5.26. The number of rotatable bonds is 4. The van der Waals surface area contributed by atoms with Gasteiger partial charge in [0.15, 0.2) is 0 Å². The molecule has 9 heteroatoms. The van der Waals surface area contributed by atoms with E-state index in [0.29, 0.717) is 37.8 Å². The summed E-state index contributed by atoms with van der Waals surface area (Å²) in [7, 11) is 0. The molecule has 29 heavy (non-hydrogen) atoms. The molecule has 3 N–H and O–H groups in total. The molecule has 1 aromatic carbocycles. The van der Waals surface area contributed by atoms with Gasteiger partial charge in [-0.15, -0.1) is 0 Å². The molecule has 1 fully saturated rings. The van der Waals surface area contributed by atoms with Crippen LogP contribution in [0.4, 0.5) is 16.4 Å². The number of hydrogen-bond donors (Lipinski definition) is 3. The van der Waals surface area contributed by atoms with E-state index >= 15 is 0 Å². The zero-order chi connectivity index (χ0) is 20.2. The van der Waals surface area contributed by atoms with Crippen molar-refractivity contribution in [1.82, 2.24) is 25.2 Å². The lowest BCUT2D eigenvalue weighted by atomic mass is 10.2. The van der Waals surface area contributed by atoms with Crippen molar-refractivity contribution in [2.75, 3.05) is 36.4 Å². The Morgan fingerprint density at radius 2 is 1.86 bits per heavy atom. The van der Waals surface area contributed by atoms with Crippen LogP contribution in [0.2, 0.25) is 0 Å². The van der Waals surface area contributed by atoms with E-state index in [-0.39, 0.29) is 11.9 Å². The maximum Gasteiger partial charge on any atom is 0.318 e. The highest BCUT2D eigenvalue weighted by molar-refractivity contribution is 5.98. The van der Waals surface area contributed by atoms with Crippen LogP contribution in [0.15, 0.2) is 48.9 Å². The van der Waals surface area contributed by atoms with E-state index in [1.165, 1.54) is 0 Å². The minimum absolute atomic E-state index is 0.248. The van der Waals surface area contributed by atoms with Crippen LogP contribution < -0.4 is 15.5 Å². The van der Waals surface area contributed by atoms with Crippen LogP contribution >= 0.6 is 0 Å². The minimum Gasteiger partial charge on any atom is -0.361 e. The van der Waals surface area contributed by atoms with Gasteiger partial charge < -0.3 is 25.4 Å². The number of urea groups is 1. The highest BCUT2D eigenvalue weighted by Gasteiger charge is 2.25. The van der Waals surface area contributed by atoms with E-state index in [0.717, 1.165) is 10.9 Å². The molecule has 1 atom stereocenters. The van der Waals surface area contributed by atoms with Crippen molar-refractivity contribution < 1.29 is 9.59 Å². The third-order valence-electron chi connectivity index (χ3n) is 4.96. The standard InChI is InChI=1S/C20H23N7O2/c1-14(18(28)25-16-3-4-17-15(13-16)5-8-21-17)24-20(29)27-11-9-26(10-12-27)19-22-6-2-7-23-19/h2-8,13-14,21H,9-12H2,1H3,(H,24,29)(H,25,28)/t14-/m1/s1. The number of H-pyrrole nitrogens is 1. The molecule has 9 nitrogen and oxygen atoms in total. The Morgan fingerprint density at radius 1 is 1.10 bits per heavy atom. The van der Waals surface area contributed by atoms with Crippen LogP contribution in [0.25, 0.3) is 10.9 Å². The smallest absolute Gasteiger partial charge is 0.318 e. The summed E-state index contributed by atoms with van der Waals surface area (Å²) in [6, 6.07) is 8.44. The Kier molecular flexibility index (Phi) is 5.28. The summed E-state index contributed by atoms with van der Waals surface area (Å²) in [5.74, 6) is 0.407. The van der Waals surface area contributed by atoms with E-state index in [1.54, 1.807) is 30.3 Å². The molecule has 150 valence electrons. The maximum absolute atomic E-state index is 12.5.